The molecular weight excluding hydrogens is 468 g/mol. The monoisotopic (exact) mass is 488 g/mol. The molecule has 0 saturated carbocycles. The van der Waals surface area contributed by atoms with Crippen molar-refractivity contribution in [3.05, 3.63) is 51.8 Å². The molecule has 0 radical (unpaired) electrons. The van der Waals surface area contributed by atoms with Gasteiger partial charge in [0, 0.05) is 31.1 Å². The van der Waals surface area contributed by atoms with Crippen LogP contribution in [0.2, 0.25) is 0 Å². The third-order valence-corrected chi connectivity index (χ3v) is 9.72. The first-order valence-corrected chi connectivity index (χ1v) is 13.1. The van der Waals surface area contributed by atoms with Crippen LogP contribution in [0, 0.1) is 13.8 Å². The molecule has 4 aromatic heterocycles. The fourth-order valence-electron chi connectivity index (χ4n) is 3.79. The molecule has 1 amide bonds. The van der Waals surface area contributed by atoms with E-state index in [1.165, 1.54) is 27.0 Å². The van der Waals surface area contributed by atoms with Crippen LogP contribution >= 0.6 is 22.7 Å². The predicted molar refractivity (Wildman–Crippen MR) is 124 cm³/mol. The largest absolute Gasteiger partial charge is 0.336 e. The van der Waals surface area contributed by atoms with E-state index in [1.54, 1.807) is 30.0 Å². The van der Waals surface area contributed by atoms with E-state index < -0.39 is 10.0 Å². The van der Waals surface area contributed by atoms with E-state index in [0.29, 0.717) is 45.3 Å². The van der Waals surface area contributed by atoms with Gasteiger partial charge in [-0.3, -0.25) is 4.79 Å². The smallest absolute Gasteiger partial charge is 0.259 e. The predicted octanol–water partition coefficient (Wildman–Crippen LogP) is 3.78. The molecule has 0 unspecified atom stereocenters. The second-order valence-electron chi connectivity index (χ2n) is 7.54. The molecule has 11 heteroatoms. The molecule has 0 aromatic carbocycles. The SMILES string of the molecule is Cc1ccc(S(=O)(=O)N2CCN(C(=O)c3cc(-c4cccs4)nc4onc(C)c34)CC2)s1. The van der Waals surface area contributed by atoms with Crippen molar-refractivity contribution in [1.29, 1.82) is 0 Å². The highest BCUT2D eigenvalue weighted by Gasteiger charge is 2.32. The Kier molecular flexibility index (Phi) is 5.36. The summed E-state index contributed by atoms with van der Waals surface area (Å²) in [7, 11) is -3.54. The van der Waals surface area contributed by atoms with Gasteiger partial charge in [0.2, 0.25) is 0 Å². The maximum Gasteiger partial charge on any atom is 0.259 e. The summed E-state index contributed by atoms with van der Waals surface area (Å²) >= 11 is 2.79. The third-order valence-electron chi connectivity index (χ3n) is 5.46. The van der Waals surface area contributed by atoms with Gasteiger partial charge in [0.1, 0.15) is 4.21 Å². The Morgan fingerprint density at radius 3 is 2.56 bits per heavy atom. The first-order chi connectivity index (χ1) is 15.3. The van der Waals surface area contributed by atoms with E-state index in [-0.39, 0.29) is 19.0 Å². The number of rotatable bonds is 4. The number of hydrogen-bond acceptors (Lipinski definition) is 8. The van der Waals surface area contributed by atoms with Crippen LogP contribution in [-0.2, 0) is 10.0 Å². The number of carbonyl (C=O) groups excluding carboxylic acids is 1. The Morgan fingerprint density at radius 2 is 1.91 bits per heavy atom. The fraction of sp³-hybridized carbons (Fsp3) is 0.286. The van der Waals surface area contributed by atoms with Crippen LogP contribution in [0.1, 0.15) is 20.9 Å². The number of piperazine rings is 1. The van der Waals surface area contributed by atoms with Gasteiger partial charge in [0.25, 0.3) is 21.6 Å². The Labute approximate surface area is 193 Å². The topological polar surface area (TPSA) is 96.6 Å². The molecule has 32 heavy (non-hydrogen) atoms. The van der Waals surface area contributed by atoms with Gasteiger partial charge in [-0.2, -0.15) is 4.31 Å². The van der Waals surface area contributed by atoms with Crippen LogP contribution in [0.4, 0.5) is 0 Å². The zero-order chi connectivity index (χ0) is 22.5. The van der Waals surface area contributed by atoms with Crippen molar-refractivity contribution in [3.8, 4) is 10.6 Å². The van der Waals surface area contributed by atoms with Gasteiger partial charge in [0.05, 0.1) is 27.2 Å². The zero-order valence-corrected chi connectivity index (χ0v) is 19.9. The van der Waals surface area contributed by atoms with Crippen molar-refractivity contribution in [1.82, 2.24) is 19.3 Å². The van der Waals surface area contributed by atoms with Gasteiger partial charge in [-0.1, -0.05) is 11.2 Å². The third kappa shape index (κ3) is 3.64. The molecule has 5 heterocycles. The average molecular weight is 489 g/mol. The van der Waals surface area contributed by atoms with E-state index in [1.807, 2.05) is 24.4 Å². The molecule has 8 nitrogen and oxygen atoms in total. The number of sulfonamides is 1. The molecule has 0 spiro atoms. The van der Waals surface area contributed by atoms with E-state index in [2.05, 4.69) is 10.1 Å². The Balaban J connectivity index is 1.41. The summed E-state index contributed by atoms with van der Waals surface area (Å²) in [5.41, 5.74) is 2.05. The molecular formula is C21H20N4O4S3. The molecule has 0 bridgehead atoms. The number of nitrogens with zero attached hydrogens (tertiary/aromatic N) is 4. The summed E-state index contributed by atoms with van der Waals surface area (Å²) in [5.74, 6) is -0.175. The molecule has 5 rings (SSSR count). The number of carbonyl (C=O) groups is 1. The number of aryl methyl sites for hydroxylation is 2. The Hall–Kier alpha value is -2.60. The van der Waals surface area contributed by atoms with Gasteiger partial charge in [0.15, 0.2) is 0 Å². The normalized spacial score (nSPS) is 15.5. The standard InChI is InChI=1S/C21H20N4O4S3/c1-13-5-6-18(31-13)32(27,28)25-9-7-24(8-10-25)21(26)15-12-16(17-4-3-11-30-17)22-20-19(15)14(2)23-29-20/h3-6,11-12H,7-10H2,1-2H3. The number of amides is 1. The minimum Gasteiger partial charge on any atom is -0.336 e. The molecule has 1 fully saturated rings. The van der Waals surface area contributed by atoms with Gasteiger partial charge in [-0.25, -0.2) is 13.4 Å². The van der Waals surface area contributed by atoms with Crippen LogP contribution in [0.15, 0.2) is 44.4 Å². The second-order valence-corrected chi connectivity index (χ2v) is 11.9. The maximum absolute atomic E-state index is 13.5. The Bertz CT molecular complexity index is 1400. The molecule has 4 aromatic rings. The lowest BCUT2D eigenvalue weighted by molar-refractivity contribution is 0.0700. The fourth-order valence-corrected chi connectivity index (χ4v) is 7.34. The quantitative estimate of drug-likeness (QED) is 0.434. The summed E-state index contributed by atoms with van der Waals surface area (Å²) in [5, 5.41) is 6.54. The van der Waals surface area contributed by atoms with Crippen molar-refractivity contribution < 1.29 is 17.7 Å². The van der Waals surface area contributed by atoms with Crippen molar-refractivity contribution >= 4 is 49.7 Å². The summed E-state index contributed by atoms with van der Waals surface area (Å²) in [4.78, 5) is 21.6. The van der Waals surface area contributed by atoms with Gasteiger partial charge in [-0.05, 0) is 43.5 Å². The minimum absolute atomic E-state index is 0.175. The highest BCUT2D eigenvalue weighted by atomic mass is 32.2. The summed E-state index contributed by atoms with van der Waals surface area (Å²) in [6, 6.07) is 9.08. The lowest BCUT2D eigenvalue weighted by Gasteiger charge is -2.33. The van der Waals surface area contributed by atoms with Crippen LogP contribution in [-0.4, -0.2) is 59.8 Å². The number of aromatic nitrogens is 2. The van der Waals surface area contributed by atoms with Gasteiger partial charge >= 0.3 is 0 Å². The first-order valence-electron chi connectivity index (χ1n) is 10.0. The summed E-state index contributed by atoms with van der Waals surface area (Å²) < 4.78 is 33.0. The number of fused-ring (bicyclic) bond motifs is 1. The lowest BCUT2D eigenvalue weighted by atomic mass is 10.1. The first kappa shape index (κ1) is 21.3. The molecule has 0 atom stereocenters. The van der Waals surface area contributed by atoms with E-state index in [0.717, 1.165) is 9.75 Å². The number of hydrogen-bond donors (Lipinski definition) is 0. The van der Waals surface area contributed by atoms with Crippen molar-refractivity contribution in [2.24, 2.45) is 0 Å². The average Bonchev–Trinajstić information content (AvgIpc) is 3.55. The minimum atomic E-state index is -3.54. The van der Waals surface area contributed by atoms with E-state index in [9.17, 15) is 13.2 Å². The summed E-state index contributed by atoms with van der Waals surface area (Å²) in [6.07, 6.45) is 0. The van der Waals surface area contributed by atoms with Crippen molar-refractivity contribution in [3.63, 3.8) is 0 Å². The molecule has 166 valence electrons. The van der Waals surface area contributed by atoms with E-state index >= 15 is 0 Å². The molecule has 1 saturated heterocycles. The van der Waals surface area contributed by atoms with Gasteiger partial charge < -0.3 is 9.42 Å². The van der Waals surface area contributed by atoms with E-state index in [4.69, 9.17) is 4.52 Å². The van der Waals surface area contributed by atoms with Crippen LogP contribution in [0.5, 0.6) is 0 Å². The van der Waals surface area contributed by atoms with Crippen molar-refractivity contribution in [2.45, 2.75) is 18.1 Å². The maximum atomic E-state index is 13.5. The molecule has 1 aliphatic heterocycles. The van der Waals surface area contributed by atoms with Crippen LogP contribution < -0.4 is 0 Å². The summed E-state index contributed by atoms with van der Waals surface area (Å²) in [6.45, 7) is 4.78. The lowest BCUT2D eigenvalue weighted by Crippen LogP contribution is -2.50. The number of pyridine rings is 1. The number of thiophene rings is 2. The highest BCUT2D eigenvalue weighted by Crippen LogP contribution is 2.31. The molecule has 0 aliphatic carbocycles. The second kappa shape index (κ2) is 8.07. The Morgan fingerprint density at radius 1 is 1.12 bits per heavy atom. The van der Waals surface area contributed by atoms with Crippen molar-refractivity contribution in [2.75, 3.05) is 26.2 Å². The van der Waals surface area contributed by atoms with Crippen LogP contribution in [0.3, 0.4) is 0 Å². The molecule has 1 aliphatic rings. The molecule has 0 N–H and O–H groups in total. The highest BCUT2D eigenvalue weighted by molar-refractivity contribution is 7.91. The van der Waals surface area contributed by atoms with Crippen LogP contribution in [0.25, 0.3) is 21.7 Å². The zero-order valence-electron chi connectivity index (χ0n) is 17.4. The van der Waals surface area contributed by atoms with Gasteiger partial charge in [-0.15, -0.1) is 22.7 Å².